The molecule has 0 spiro atoms. The molecule has 3 aromatic carbocycles. The minimum absolute atomic E-state index is 0.0932. The summed E-state index contributed by atoms with van der Waals surface area (Å²) in [4.78, 5) is 34.2. The Labute approximate surface area is 289 Å². The van der Waals surface area contributed by atoms with Crippen LogP contribution >= 0.6 is 0 Å². The summed E-state index contributed by atoms with van der Waals surface area (Å²) in [6.45, 7) is 14.9. The molecule has 0 amide bonds. The van der Waals surface area contributed by atoms with E-state index in [4.69, 9.17) is 4.98 Å². The van der Waals surface area contributed by atoms with Crippen molar-refractivity contribution >= 4 is 28.3 Å². The molecule has 0 radical (unpaired) electrons. The molecular formula is C42H47N5O2. The molecule has 0 saturated carbocycles. The third-order valence-corrected chi connectivity index (χ3v) is 10.9. The largest absolute Gasteiger partial charge is 0.369 e. The average Bonchev–Trinajstić information content (AvgIpc) is 3.68. The number of ketones is 2. The van der Waals surface area contributed by atoms with Gasteiger partial charge in [-0.05, 0) is 104 Å². The van der Waals surface area contributed by atoms with E-state index in [1.54, 1.807) is 13.8 Å². The van der Waals surface area contributed by atoms with Crippen LogP contribution in [0.5, 0.6) is 0 Å². The van der Waals surface area contributed by atoms with Gasteiger partial charge in [0.15, 0.2) is 5.65 Å². The first-order valence-electron chi connectivity index (χ1n) is 17.7. The van der Waals surface area contributed by atoms with E-state index >= 15 is 0 Å². The fourth-order valence-electron chi connectivity index (χ4n) is 8.07. The number of nitrogens with one attached hydrogen (secondary N) is 1. The maximum absolute atomic E-state index is 12.6. The number of hydrogen-bond donors (Lipinski definition) is 1. The van der Waals surface area contributed by atoms with Gasteiger partial charge >= 0.3 is 0 Å². The number of carbonyl (C=O) groups excluding carboxylic acids is 2. The van der Waals surface area contributed by atoms with Crippen molar-refractivity contribution in [2.75, 3.05) is 37.6 Å². The minimum atomic E-state index is -0.547. The molecule has 7 heteroatoms. The van der Waals surface area contributed by atoms with Crippen LogP contribution in [0.15, 0.2) is 72.9 Å². The maximum atomic E-state index is 12.6. The summed E-state index contributed by atoms with van der Waals surface area (Å²) in [7, 11) is 0. The summed E-state index contributed by atoms with van der Waals surface area (Å²) < 4.78 is 0. The fourth-order valence-corrected chi connectivity index (χ4v) is 8.07. The molecule has 0 bridgehead atoms. The van der Waals surface area contributed by atoms with E-state index in [0.29, 0.717) is 25.2 Å². The van der Waals surface area contributed by atoms with Crippen molar-refractivity contribution < 1.29 is 9.59 Å². The standard InChI is InChI=1S/C42H47N5O2/c1-27(2)38-13-10-33(20-28(38)3)40-39-22-36(26-43-41(39)45-44-40)32-8-11-37(12-9-32)47-18-16-46(17-19-47)15-14-31-6-7-34-24-42(30(5)49,23-29(4)48)25-35(34)21-31/h6-13,20-22,26-27H,14-19,23-25H2,1-5H3,(H,43,44,45)/t42-/m1/s1. The monoisotopic (exact) mass is 653 g/mol. The molecule has 1 N–H and O–H groups in total. The van der Waals surface area contributed by atoms with Crippen LogP contribution in [-0.2, 0) is 28.9 Å². The molecule has 0 unspecified atom stereocenters. The summed E-state index contributed by atoms with van der Waals surface area (Å²) in [5, 5.41) is 8.80. The van der Waals surface area contributed by atoms with Crippen molar-refractivity contribution in [3.63, 3.8) is 0 Å². The third kappa shape index (κ3) is 6.69. The van der Waals surface area contributed by atoms with Crippen LogP contribution in [0.25, 0.3) is 33.4 Å². The molecule has 7 nitrogen and oxygen atoms in total. The average molecular weight is 654 g/mol. The van der Waals surface area contributed by atoms with E-state index < -0.39 is 5.41 Å². The van der Waals surface area contributed by atoms with Crippen LogP contribution in [0.2, 0.25) is 0 Å². The molecule has 7 rings (SSSR count). The molecule has 49 heavy (non-hydrogen) atoms. The quantitative estimate of drug-likeness (QED) is 0.166. The number of pyridine rings is 1. The van der Waals surface area contributed by atoms with Crippen LogP contribution in [0.1, 0.15) is 67.9 Å². The van der Waals surface area contributed by atoms with Crippen LogP contribution in [-0.4, -0.2) is 64.4 Å². The summed E-state index contributed by atoms with van der Waals surface area (Å²) in [6, 6.07) is 24.4. The van der Waals surface area contributed by atoms with Crippen molar-refractivity contribution in [3.8, 4) is 22.4 Å². The Morgan fingerprint density at radius 2 is 1.59 bits per heavy atom. The molecule has 2 aliphatic rings. The van der Waals surface area contributed by atoms with Gasteiger partial charge in [0.1, 0.15) is 17.3 Å². The summed E-state index contributed by atoms with van der Waals surface area (Å²) >= 11 is 0. The number of rotatable bonds is 10. The highest BCUT2D eigenvalue weighted by Gasteiger charge is 2.42. The predicted octanol–water partition coefficient (Wildman–Crippen LogP) is 7.74. The Bertz CT molecular complexity index is 2020. The van der Waals surface area contributed by atoms with Crippen molar-refractivity contribution in [2.24, 2.45) is 5.41 Å². The van der Waals surface area contributed by atoms with Crippen LogP contribution in [0, 0.1) is 12.3 Å². The van der Waals surface area contributed by atoms with Crippen LogP contribution < -0.4 is 4.90 Å². The van der Waals surface area contributed by atoms with Crippen LogP contribution in [0.3, 0.4) is 0 Å². The van der Waals surface area contributed by atoms with E-state index in [-0.39, 0.29) is 11.6 Å². The van der Waals surface area contributed by atoms with Gasteiger partial charge in [0, 0.05) is 73.0 Å². The van der Waals surface area contributed by atoms with Gasteiger partial charge in [0.25, 0.3) is 0 Å². The lowest BCUT2D eigenvalue weighted by Crippen LogP contribution is -2.47. The molecule has 252 valence electrons. The molecule has 1 atom stereocenters. The van der Waals surface area contributed by atoms with E-state index in [1.807, 2.05) is 6.20 Å². The van der Waals surface area contributed by atoms with E-state index in [1.165, 1.54) is 33.5 Å². The van der Waals surface area contributed by atoms with Crippen molar-refractivity contribution in [3.05, 3.63) is 101 Å². The summed E-state index contributed by atoms with van der Waals surface area (Å²) in [5.41, 5.74) is 12.2. The van der Waals surface area contributed by atoms with Gasteiger partial charge in [-0.3, -0.25) is 19.6 Å². The maximum Gasteiger partial charge on any atom is 0.155 e. The smallest absolute Gasteiger partial charge is 0.155 e. The van der Waals surface area contributed by atoms with Gasteiger partial charge in [0.2, 0.25) is 0 Å². The second kappa shape index (κ2) is 13.4. The predicted molar refractivity (Wildman–Crippen MR) is 198 cm³/mol. The highest BCUT2D eigenvalue weighted by Crippen LogP contribution is 2.41. The van der Waals surface area contributed by atoms with Crippen molar-refractivity contribution in [1.82, 2.24) is 20.1 Å². The Kier molecular flexibility index (Phi) is 8.97. The zero-order chi connectivity index (χ0) is 34.3. The Morgan fingerprint density at radius 3 is 2.29 bits per heavy atom. The van der Waals surface area contributed by atoms with Gasteiger partial charge in [-0.15, -0.1) is 0 Å². The fraction of sp³-hybridized carbons (Fsp3) is 0.381. The zero-order valence-electron chi connectivity index (χ0n) is 29.5. The lowest BCUT2D eigenvalue weighted by atomic mass is 9.77. The Balaban J connectivity index is 0.960. The van der Waals surface area contributed by atoms with Crippen molar-refractivity contribution in [1.29, 1.82) is 0 Å². The number of nitrogens with zero attached hydrogens (tertiary/aromatic N) is 4. The number of anilines is 1. The second-order valence-corrected chi connectivity index (χ2v) is 14.7. The molecule has 1 saturated heterocycles. The molecule has 1 fully saturated rings. The number of H-pyrrole nitrogens is 1. The lowest BCUT2D eigenvalue weighted by molar-refractivity contribution is -0.131. The Hall–Kier alpha value is -4.62. The van der Waals surface area contributed by atoms with Gasteiger partial charge in [0.05, 0.1) is 0 Å². The second-order valence-electron chi connectivity index (χ2n) is 14.7. The molecule has 1 aliphatic heterocycles. The number of piperazine rings is 1. The highest BCUT2D eigenvalue weighted by molar-refractivity contribution is 5.93. The number of aryl methyl sites for hydroxylation is 1. The first-order valence-corrected chi connectivity index (χ1v) is 17.7. The number of fused-ring (bicyclic) bond motifs is 2. The molecule has 1 aliphatic carbocycles. The van der Waals surface area contributed by atoms with Gasteiger partial charge < -0.3 is 4.90 Å². The Morgan fingerprint density at radius 1 is 0.857 bits per heavy atom. The number of Topliss-reactive ketones (excluding diaryl/α,β-unsaturated/α-hetero) is 2. The third-order valence-electron chi connectivity index (χ3n) is 10.9. The van der Waals surface area contributed by atoms with Gasteiger partial charge in [-0.25, -0.2) is 4.98 Å². The van der Waals surface area contributed by atoms with E-state index in [2.05, 4.69) is 107 Å². The number of hydrogen-bond acceptors (Lipinski definition) is 6. The molecule has 2 aromatic heterocycles. The molecular weight excluding hydrogens is 606 g/mol. The normalized spacial score (nSPS) is 18.0. The van der Waals surface area contributed by atoms with Crippen molar-refractivity contribution in [2.45, 2.75) is 66.2 Å². The van der Waals surface area contributed by atoms with Crippen LogP contribution in [0.4, 0.5) is 5.69 Å². The highest BCUT2D eigenvalue weighted by atomic mass is 16.1. The summed E-state index contributed by atoms with van der Waals surface area (Å²) in [5.74, 6) is 0.716. The number of aromatic nitrogens is 3. The first-order chi connectivity index (χ1) is 23.6. The molecule has 3 heterocycles. The SMILES string of the molecule is CC(=O)C[C@@]1(C(C)=O)Cc2ccc(CCN3CCN(c4ccc(-c5cnc6[nH]nc(-c7ccc(C(C)C)c(C)c7)c6c5)cc4)CC3)cc2C1. The number of aromatic amines is 1. The molecule has 5 aromatic rings. The minimum Gasteiger partial charge on any atom is -0.369 e. The van der Waals surface area contributed by atoms with E-state index in [0.717, 1.165) is 72.6 Å². The zero-order valence-corrected chi connectivity index (χ0v) is 29.5. The van der Waals surface area contributed by atoms with Gasteiger partial charge in [-0.1, -0.05) is 56.3 Å². The summed E-state index contributed by atoms with van der Waals surface area (Å²) in [6.07, 6.45) is 4.63. The number of carbonyl (C=O) groups is 2. The topological polar surface area (TPSA) is 82.2 Å². The lowest BCUT2D eigenvalue weighted by Gasteiger charge is -2.36. The van der Waals surface area contributed by atoms with E-state index in [9.17, 15) is 9.59 Å². The van der Waals surface area contributed by atoms with Gasteiger partial charge in [-0.2, -0.15) is 5.10 Å². The number of benzene rings is 3. The first kappa shape index (κ1) is 32.9.